The molecule has 0 aromatic heterocycles. The number of nitrogens with one attached hydrogen (secondary N) is 1. The van der Waals surface area contributed by atoms with Crippen LogP contribution in [0, 0.1) is 5.92 Å². The van der Waals surface area contributed by atoms with Crippen LogP contribution < -0.4 is 5.32 Å². The summed E-state index contributed by atoms with van der Waals surface area (Å²) in [6.07, 6.45) is -11.5. The molecule has 1 aromatic rings. The molecule has 1 amide bonds. The normalized spacial score (nSPS) is 11.5. The van der Waals surface area contributed by atoms with Crippen molar-refractivity contribution >= 4 is 46.4 Å². The number of halogens is 8. The van der Waals surface area contributed by atoms with Gasteiger partial charge in [0.1, 0.15) is 0 Å². The lowest BCUT2D eigenvalue weighted by Crippen LogP contribution is -2.39. The largest absolute Gasteiger partial charge is 0.458 e. The quantitative estimate of drug-likeness (QED) is 0.556. The summed E-state index contributed by atoms with van der Waals surface area (Å²) in [5, 5.41) is 3.74. The van der Waals surface area contributed by atoms with Crippen molar-refractivity contribution in [2.45, 2.75) is 26.2 Å². The number of amides is 1. The van der Waals surface area contributed by atoms with E-state index >= 15 is 0 Å². The predicted octanol–water partition coefficient (Wildman–Crippen LogP) is 4.84. The average Bonchev–Trinajstić information content (AvgIpc) is 2.43. The van der Waals surface area contributed by atoms with Gasteiger partial charge in [0.05, 0.1) is 0 Å². The topological polar surface area (TPSA) is 63.2 Å². The van der Waals surface area contributed by atoms with E-state index in [4.69, 9.17) is 23.2 Å². The van der Waals surface area contributed by atoms with Crippen molar-refractivity contribution < 1.29 is 40.7 Å². The zero-order chi connectivity index (χ0) is 20.9. The first-order valence-electron chi connectivity index (χ1n) is 6.55. The Bertz CT molecular complexity index is 642. The van der Waals surface area contributed by atoms with E-state index in [1.807, 2.05) is 13.8 Å². The molecule has 26 heavy (non-hydrogen) atoms. The summed E-state index contributed by atoms with van der Waals surface area (Å²) in [5.41, 5.74) is 0.626. The number of hydrogen-bond acceptors (Lipinski definition) is 3. The molecule has 0 unspecified atom stereocenters. The number of anilines is 1. The second kappa shape index (κ2) is 9.22. The molecule has 1 N–H and O–H groups in total. The van der Waals surface area contributed by atoms with Gasteiger partial charge < -0.3 is 5.32 Å². The first kappa shape index (κ1) is 24.2. The number of ketones is 2. The number of Topliss-reactive ketones (excluding diaryl/α,β-unsaturated/α-hetero) is 2. The Kier molecular flexibility index (Phi) is 8.58. The molecule has 146 valence electrons. The summed E-state index contributed by atoms with van der Waals surface area (Å²) in [5.74, 6) is -6.93. The van der Waals surface area contributed by atoms with Crippen LogP contribution in [0.5, 0.6) is 0 Å². The SMILES string of the molecule is CC(C)C(=O)Nc1cc(Cl)cc(Cl)c1.O=C(C(=O)C(F)(F)F)C(F)(F)F. The lowest BCUT2D eigenvalue weighted by molar-refractivity contribution is -0.193. The highest BCUT2D eigenvalue weighted by atomic mass is 35.5. The monoisotopic (exact) mass is 425 g/mol. The Morgan fingerprint density at radius 2 is 1.19 bits per heavy atom. The number of carbonyl (C=O) groups is 3. The van der Waals surface area contributed by atoms with Gasteiger partial charge in [-0.05, 0) is 18.2 Å². The van der Waals surface area contributed by atoms with Crippen LogP contribution in [0.1, 0.15) is 13.8 Å². The van der Waals surface area contributed by atoms with Crippen molar-refractivity contribution in [2.24, 2.45) is 5.92 Å². The average molecular weight is 426 g/mol. The van der Waals surface area contributed by atoms with Crippen molar-refractivity contribution in [1.82, 2.24) is 0 Å². The Morgan fingerprint density at radius 3 is 1.46 bits per heavy atom. The summed E-state index contributed by atoms with van der Waals surface area (Å²) >= 11 is 11.6. The Hall–Kier alpha value is -1.81. The summed E-state index contributed by atoms with van der Waals surface area (Å²) in [6, 6.07) is 4.94. The fourth-order valence-electron chi connectivity index (χ4n) is 1.17. The van der Waals surface area contributed by atoms with Crippen molar-refractivity contribution in [1.29, 1.82) is 0 Å². The van der Waals surface area contributed by atoms with E-state index < -0.39 is 23.9 Å². The van der Waals surface area contributed by atoms with Gasteiger partial charge in [0, 0.05) is 21.7 Å². The molecule has 1 rings (SSSR count). The van der Waals surface area contributed by atoms with E-state index in [0.717, 1.165) is 0 Å². The molecule has 0 saturated heterocycles. The van der Waals surface area contributed by atoms with Gasteiger partial charge in [0.15, 0.2) is 0 Å². The molecule has 0 aliphatic heterocycles. The van der Waals surface area contributed by atoms with Gasteiger partial charge in [0.25, 0.3) is 0 Å². The van der Waals surface area contributed by atoms with E-state index in [1.54, 1.807) is 18.2 Å². The molecular formula is C14H11Cl2F6NO3. The summed E-state index contributed by atoms with van der Waals surface area (Å²) < 4.78 is 67.0. The van der Waals surface area contributed by atoms with Crippen molar-refractivity contribution in [3.8, 4) is 0 Å². The zero-order valence-electron chi connectivity index (χ0n) is 13.1. The van der Waals surface area contributed by atoms with Crippen LogP contribution in [-0.2, 0) is 14.4 Å². The second-order valence-corrected chi connectivity index (χ2v) is 5.83. The van der Waals surface area contributed by atoms with Gasteiger partial charge in [-0.2, -0.15) is 26.3 Å². The van der Waals surface area contributed by atoms with Gasteiger partial charge in [-0.25, -0.2) is 0 Å². The molecule has 0 heterocycles. The number of carbonyl (C=O) groups excluding carboxylic acids is 3. The smallest absolute Gasteiger partial charge is 0.326 e. The van der Waals surface area contributed by atoms with E-state index in [1.165, 1.54) is 0 Å². The molecule has 0 aliphatic carbocycles. The van der Waals surface area contributed by atoms with Crippen molar-refractivity contribution in [2.75, 3.05) is 5.32 Å². The maximum Gasteiger partial charge on any atom is 0.458 e. The lowest BCUT2D eigenvalue weighted by atomic mass is 10.2. The van der Waals surface area contributed by atoms with Crippen LogP contribution in [0.4, 0.5) is 32.0 Å². The third-order valence-corrected chi connectivity index (χ3v) is 2.81. The molecule has 0 saturated carbocycles. The number of benzene rings is 1. The first-order chi connectivity index (χ1) is 11.6. The van der Waals surface area contributed by atoms with E-state index in [9.17, 15) is 40.7 Å². The van der Waals surface area contributed by atoms with E-state index in [0.29, 0.717) is 15.7 Å². The maximum absolute atomic E-state index is 11.3. The highest BCUT2D eigenvalue weighted by Crippen LogP contribution is 2.24. The Balaban J connectivity index is 0.000000488. The van der Waals surface area contributed by atoms with Crippen molar-refractivity contribution in [3.05, 3.63) is 28.2 Å². The highest BCUT2D eigenvalue weighted by Gasteiger charge is 2.54. The molecule has 4 nitrogen and oxygen atoms in total. The van der Waals surface area contributed by atoms with Gasteiger partial charge >= 0.3 is 23.9 Å². The number of rotatable bonds is 3. The molecule has 1 aromatic carbocycles. The minimum atomic E-state index is -5.77. The minimum absolute atomic E-state index is 0.0525. The number of hydrogen-bond donors (Lipinski definition) is 1. The molecule has 0 fully saturated rings. The molecule has 0 aliphatic rings. The molecule has 0 atom stereocenters. The van der Waals surface area contributed by atoms with Crippen molar-refractivity contribution in [3.63, 3.8) is 0 Å². The van der Waals surface area contributed by atoms with E-state index in [2.05, 4.69) is 5.32 Å². The Morgan fingerprint density at radius 1 is 0.846 bits per heavy atom. The van der Waals surface area contributed by atoms with Crippen LogP contribution in [0.25, 0.3) is 0 Å². The molecule has 0 radical (unpaired) electrons. The summed E-state index contributed by atoms with van der Waals surface area (Å²) in [6.45, 7) is 3.64. The second-order valence-electron chi connectivity index (χ2n) is 4.96. The summed E-state index contributed by atoms with van der Waals surface area (Å²) in [4.78, 5) is 30.6. The van der Waals surface area contributed by atoms with Gasteiger partial charge in [0.2, 0.25) is 5.91 Å². The third-order valence-electron chi connectivity index (χ3n) is 2.38. The fraction of sp³-hybridized carbons (Fsp3) is 0.357. The van der Waals surface area contributed by atoms with Crippen LogP contribution in [-0.4, -0.2) is 29.8 Å². The fourth-order valence-corrected chi connectivity index (χ4v) is 1.70. The highest BCUT2D eigenvalue weighted by molar-refractivity contribution is 6.41. The molecular weight excluding hydrogens is 415 g/mol. The summed E-state index contributed by atoms with van der Waals surface area (Å²) in [7, 11) is 0. The molecule has 0 bridgehead atoms. The maximum atomic E-state index is 11.3. The first-order valence-corrected chi connectivity index (χ1v) is 7.31. The van der Waals surface area contributed by atoms with E-state index in [-0.39, 0.29) is 11.8 Å². The molecule has 0 spiro atoms. The molecule has 12 heteroatoms. The van der Waals surface area contributed by atoms with Gasteiger partial charge in [-0.1, -0.05) is 37.0 Å². The third kappa shape index (κ3) is 8.52. The van der Waals surface area contributed by atoms with Crippen LogP contribution in [0.2, 0.25) is 10.0 Å². The van der Waals surface area contributed by atoms with Gasteiger partial charge in [-0.3, -0.25) is 14.4 Å². The van der Waals surface area contributed by atoms with Crippen LogP contribution in [0.15, 0.2) is 18.2 Å². The Labute approximate surface area is 153 Å². The van der Waals surface area contributed by atoms with Crippen LogP contribution >= 0.6 is 23.2 Å². The minimum Gasteiger partial charge on any atom is -0.326 e. The predicted molar refractivity (Wildman–Crippen MR) is 82.1 cm³/mol. The zero-order valence-corrected chi connectivity index (χ0v) is 14.6. The lowest BCUT2D eigenvalue weighted by Gasteiger charge is -2.08. The van der Waals surface area contributed by atoms with Crippen LogP contribution in [0.3, 0.4) is 0 Å². The number of alkyl halides is 6. The van der Waals surface area contributed by atoms with Gasteiger partial charge in [-0.15, -0.1) is 0 Å². The standard InChI is InChI=1S/C10H11Cl2NO.C4F6O2/c1-6(2)10(14)13-9-4-7(11)3-8(12)5-9;5-3(6,7)1(11)2(12)4(8,9)10/h3-6H,1-2H3,(H,13,14);.